The number of hydrogen-bond donors (Lipinski definition) is 0. The Bertz CT molecular complexity index is 738. The summed E-state index contributed by atoms with van der Waals surface area (Å²) in [4.78, 5) is 0.846. The first kappa shape index (κ1) is 13.6. The molecule has 3 nitrogen and oxygen atoms in total. The van der Waals surface area contributed by atoms with Gasteiger partial charge in [0.2, 0.25) is 5.89 Å². The van der Waals surface area contributed by atoms with E-state index in [1.807, 2.05) is 36.4 Å². The summed E-state index contributed by atoms with van der Waals surface area (Å²) in [7, 11) is 0. The maximum Gasteiger partial charge on any atom is 0.281 e. The molecule has 0 aliphatic carbocycles. The fourth-order valence-corrected chi connectivity index (χ4v) is 2.35. The monoisotopic (exact) mass is 298 g/mol. The molecule has 21 heavy (non-hydrogen) atoms. The summed E-state index contributed by atoms with van der Waals surface area (Å²) in [6, 6.07) is 16.0. The number of hydrogen-bond acceptors (Lipinski definition) is 4. The Labute approximate surface area is 125 Å². The van der Waals surface area contributed by atoms with Gasteiger partial charge in [-0.3, -0.25) is 0 Å². The van der Waals surface area contributed by atoms with Crippen LogP contribution in [-0.4, -0.2) is 10.2 Å². The quantitative estimate of drug-likeness (QED) is 0.709. The van der Waals surface area contributed by atoms with Crippen molar-refractivity contribution in [2.45, 2.75) is 10.1 Å². The van der Waals surface area contributed by atoms with Crippen molar-refractivity contribution < 1.29 is 8.81 Å². The van der Waals surface area contributed by atoms with Gasteiger partial charge >= 0.3 is 0 Å². The van der Waals surface area contributed by atoms with E-state index in [9.17, 15) is 4.39 Å². The first-order valence-electron chi connectivity index (χ1n) is 6.30. The summed E-state index contributed by atoms with van der Waals surface area (Å²) in [6.07, 6.45) is 3.66. The standard InChI is InChI=1S/C16H11FN2OS/c17-13-7-9-14(10-8-13)21-16-19-18-15(20-16)11-6-12-4-2-1-3-5-12/h1-11H/b11-6+. The van der Waals surface area contributed by atoms with Crippen molar-refractivity contribution in [3.05, 3.63) is 71.9 Å². The van der Waals surface area contributed by atoms with Gasteiger partial charge in [0.25, 0.3) is 5.22 Å². The number of aromatic nitrogens is 2. The molecular formula is C16H11FN2OS. The fraction of sp³-hybridized carbons (Fsp3) is 0. The lowest BCUT2D eigenvalue weighted by molar-refractivity contribution is 0.446. The van der Waals surface area contributed by atoms with Crippen LogP contribution >= 0.6 is 11.8 Å². The molecule has 0 unspecified atom stereocenters. The summed E-state index contributed by atoms with van der Waals surface area (Å²) in [5, 5.41) is 8.32. The van der Waals surface area contributed by atoms with Gasteiger partial charge in [-0.25, -0.2) is 4.39 Å². The van der Waals surface area contributed by atoms with Gasteiger partial charge in [-0.05, 0) is 47.7 Å². The summed E-state index contributed by atoms with van der Waals surface area (Å²) in [5.41, 5.74) is 1.06. The van der Waals surface area contributed by atoms with E-state index in [0.29, 0.717) is 11.1 Å². The van der Waals surface area contributed by atoms with Crippen molar-refractivity contribution in [3.8, 4) is 0 Å². The summed E-state index contributed by atoms with van der Waals surface area (Å²) in [5.74, 6) is 0.167. The van der Waals surface area contributed by atoms with E-state index >= 15 is 0 Å². The maximum absolute atomic E-state index is 12.8. The Balaban J connectivity index is 1.69. The van der Waals surface area contributed by atoms with Crippen LogP contribution in [0.5, 0.6) is 0 Å². The summed E-state index contributed by atoms with van der Waals surface area (Å²) in [6.45, 7) is 0. The van der Waals surface area contributed by atoms with Gasteiger partial charge in [0.15, 0.2) is 0 Å². The van der Waals surface area contributed by atoms with Crippen LogP contribution in [0.15, 0.2) is 69.1 Å². The van der Waals surface area contributed by atoms with Crippen LogP contribution in [0.3, 0.4) is 0 Å². The summed E-state index contributed by atoms with van der Waals surface area (Å²) >= 11 is 1.30. The molecule has 0 amide bonds. The third-order valence-corrected chi connectivity index (χ3v) is 3.51. The largest absolute Gasteiger partial charge is 0.412 e. The molecule has 0 saturated heterocycles. The van der Waals surface area contributed by atoms with E-state index in [-0.39, 0.29) is 5.82 Å². The van der Waals surface area contributed by atoms with E-state index in [4.69, 9.17) is 4.42 Å². The smallest absolute Gasteiger partial charge is 0.281 e. The Morgan fingerprint density at radius 3 is 2.43 bits per heavy atom. The second kappa shape index (κ2) is 6.37. The third-order valence-electron chi connectivity index (χ3n) is 2.66. The molecule has 3 aromatic rings. The third kappa shape index (κ3) is 3.79. The molecule has 1 heterocycles. The number of rotatable bonds is 4. The van der Waals surface area contributed by atoms with Crippen LogP contribution in [0, 0.1) is 5.82 Å². The SMILES string of the molecule is Fc1ccc(Sc2nnc(/C=C/c3ccccc3)o2)cc1. The Hall–Kier alpha value is -2.40. The van der Waals surface area contributed by atoms with Gasteiger partial charge in [-0.2, -0.15) is 0 Å². The minimum absolute atomic E-state index is 0.267. The van der Waals surface area contributed by atoms with Crippen molar-refractivity contribution in [2.24, 2.45) is 0 Å². The molecule has 0 aliphatic rings. The van der Waals surface area contributed by atoms with Gasteiger partial charge in [-0.15, -0.1) is 10.2 Å². The highest BCUT2D eigenvalue weighted by Gasteiger charge is 2.05. The minimum atomic E-state index is -0.267. The molecular weight excluding hydrogens is 287 g/mol. The average Bonchev–Trinajstić information content (AvgIpc) is 2.96. The molecule has 0 N–H and O–H groups in total. The van der Waals surface area contributed by atoms with Crippen molar-refractivity contribution >= 4 is 23.9 Å². The maximum atomic E-state index is 12.8. The topological polar surface area (TPSA) is 38.9 Å². The molecule has 0 saturated carbocycles. The van der Waals surface area contributed by atoms with Gasteiger partial charge in [0.1, 0.15) is 5.82 Å². The molecule has 0 fully saturated rings. The van der Waals surface area contributed by atoms with E-state index in [2.05, 4.69) is 10.2 Å². The zero-order valence-corrected chi connectivity index (χ0v) is 11.8. The highest BCUT2D eigenvalue weighted by molar-refractivity contribution is 7.99. The van der Waals surface area contributed by atoms with Gasteiger partial charge in [-0.1, -0.05) is 30.3 Å². The normalized spacial score (nSPS) is 11.1. The number of halogens is 1. The van der Waals surface area contributed by atoms with E-state index < -0.39 is 0 Å². The van der Waals surface area contributed by atoms with Crippen LogP contribution in [0.25, 0.3) is 12.2 Å². The van der Waals surface area contributed by atoms with Crippen molar-refractivity contribution in [1.29, 1.82) is 0 Å². The summed E-state index contributed by atoms with van der Waals surface area (Å²) < 4.78 is 18.3. The minimum Gasteiger partial charge on any atom is -0.412 e. The predicted molar refractivity (Wildman–Crippen MR) is 80.2 cm³/mol. The molecule has 3 rings (SSSR count). The van der Waals surface area contributed by atoms with Crippen LogP contribution < -0.4 is 0 Å². The second-order valence-electron chi connectivity index (χ2n) is 4.21. The first-order chi connectivity index (χ1) is 10.3. The Morgan fingerprint density at radius 2 is 1.67 bits per heavy atom. The van der Waals surface area contributed by atoms with E-state index in [0.717, 1.165) is 10.5 Å². The van der Waals surface area contributed by atoms with E-state index in [1.54, 1.807) is 18.2 Å². The molecule has 0 radical (unpaired) electrons. The van der Waals surface area contributed by atoms with Crippen LogP contribution in [0.4, 0.5) is 4.39 Å². The second-order valence-corrected chi connectivity index (χ2v) is 5.23. The van der Waals surface area contributed by atoms with Crippen LogP contribution in [-0.2, 0) is 0 Å². The van der Waals surface area contributed by atoms with Crippen molar-refractivity contribution in [1.82, 2.24) is 10.2 Å². The molecule has 2 aromatic carbocycles. The van der Waals surface area contributed by atoms with Gasteiger partial charge in [0, 0.05) is 11.0 Å². The lowest BCUT2D eigenvalue weighted by Crippen LogP contribution is -1.75. The fourth-order valence-electron chi connectivity index (χ4n) is 1.66. The number of nitrogens with zero attached hydrogens (tertiary/aromatic N) is 2. The lowest BCUT2D eigenvalue weighted by Gasteiger charge is -1.94. The molecule has 104 valence electrons. The zero-order valence-electron chi connectivity index (χ0n) is 10.9. The highest BCUT2D eigenvalue weighted by atomic mass is 32.2. The lowest BCUT2D eigenvalue weighted by atomic mass is 10.2. The van der Waals surface area contributed by atoms with Crippen LogP contribution in [0.1, 0.15) is 11.5 Å². The Kier molecular flexibility index (Phi) is 4.12. The highest BCUT2D eigenvalue weighted by Crippen LogP contribution is 2.26. The average molecular weight is 298 g/mol. The van der Waals surface area contributed by atoms with Gasteiger partial charge < -0.3 is 4.42 Å². The molecule has 0 bridgehead atoms. The molecule has 0 spiro atoms. The predicted octanol–water partition coefficient (Wildman–Crippen LogP) is 4.53. The van der Waals surface area contributed by atoms with Gasteiger partial charge in [0.05, 0.1) is 0 Å². The zero-order chi connectivity index (χ0) is 14.5. The molecule has 0 aliphatic heterocycles. The van der Waals surface area contributed by atoms with Crippen molar-refractivity contribution in [2.75, 3.05) is 0 Å². The van der Waals surface area contributed by atoms with E-state index in [1.165, 1.54) is 23.9 Å². The first-order valence-corrected chi connectivity index (χ1v) is 7.11. The molecule has 0 atom stereocenters. The van der Waals surface area contributed by atoms with Crippen LogP contribution in [0.2, 0.25) is 0 Å². The Morgan fingerprint density at radius 1 is 0.905 bits per heavy atom. The van der Waals surface area contributed by atoms with Crippen molar-refractivity contribution in [3.63, 3.8) is 0 Å². The number of benzene rings is 2. The molecule has 5 heteroatoms. The molecule has 1 aromatic heterocycles.